The second kappa shape index (κ2) is 4.45. The molecule has 0 unspecified atom stereocenters. The summed E-state index contributed by atoms with van der Waals surface area (Å²) in [7, 11) is 1.87. The number of aromatic nitrogens is 2. The molecule has 0 atom stereocenters. The maximum atomic E-state index is 8.34. The van der Waals surface area contributed by atoms with E-state index in [4.69, 9.17) is 5.39 Å². The molecule has 0 fully saturated rings. The van der Waals surface area contributed by atoms with E-state index in [1.165, 1.54) is 0 Å². The van der Waals surface area contributed by atoms with Crippen molar-refractivity contribution >= 4 is 0 Å². The molecule has 0 N–H and O–H groups in total. The molecule has 5 heteroatoms. The van der Waals surface area contributed by atoms with Gasteiger partial charge in [-0.25, -0.2) is 0 Å². The van der Waals surface area contributed by atoms with Crippen molar-refractivity contribution in [2.45, 2.75) is 26.3 Å². The first kappa shape index (κ1) is 9.52. The molecule has 1 aromatic heterocycles. The van der Waals surface area contributed by atoms with Crippen LogP contribution in [0, 0.1) is 5.39 Å². The van der Waals surface area contributed by atoms with Crippen LogP contribution in [0.5, 0.6) is 0 Å². The van der Waals surface area contributed by atoms with Gasteiger partial charge in [0.15, 0.2) is 0 Å². The highest BCUT2D eigenvalue weighted by molar-refractivity contribution is 4.79. The molecule has 0 bridgehead atoms. The lowest BCUT2D eigenvalue weighted by Crippen LogP contribution is -2.23. The van der Waals surface area contributed by atoms with Gasteiger partial charge >= 0.3 is 5.08 Å². The third kappa shape index (κ3) is 2.18. The van der Waals surface area contributed by atoms with Crippen LogP contribution in [0.4, 0.5) is 0 Å². The lowest BCUT2D eigenvalue weighted by molar-refractivity contribution is 0.590. The summed E-state index contributed by atoms with van der Waals surface area (Å²) >= 11 is 0. The van der Waals surface area contributed by atoms with Gasteiger partial charge in [-0.1, -0.05) is 13.3 Å². The highest BCUT2D eigenvalue weighted by atomic mass is 15.3. The van der Waals surface area contributed by atoms with E-state index in [1.54, 1.807) is 0 Å². The molecule has 1 aromatic rings. The summed E-state index contributed by atoms with van der Waals surface area (Å²) in [6.45, 7) is 3.04. The third-order valence-corrected chi connectivity index (χ3v) is 1.93. The molecule has 0 aliphatic rings. The SMILES string of the molecule is CCCCn1ccn(C)c1=N[N+]#N. The molecule has 0 radical (unpaired) electrons. The number of rotatable bonds is 3. The van der Waals surface area contributed by atoms with E-state index in [9.17, 15) is 0 Å². The number of aryl methyl sites for hydroxylation is 2. The summed E-state index contributed by atoms with van der Waals surface area (Å²) in [5.74, 6) is 0. The molecule has 0 saturated heterocycles. The average Bonchev–Trinajstić information content (AvgIpc) is 2.46. The normalized spacial score (nSPS) is 11.6. The third-order valence-electron chi connectivity index (χ3n) is 1.93. The summed E-state index contributed by atoms with van der Waals surface area (Å²) in [4.78, 5) is 0. The van der Waals surface area contributed by atoms with E-state index < -0.39 is 0 Å². The van der Waals surface area contributed by atoms with Crippen LogP contribution in [0.1, 0.15) is 19.8 Å². The molecule has 13 heavy (non-hydrogen) atoms. The van der Waals surface area contributed by atoms with Crippen LogP contribution in [0.15, 0.2) is 17.5 Å². The van der Waals surface area contributed by atoms with Crippen molar-refractivity contribution in [3.05, 3.63) is 23.1 Å². The van der Waals surface area contributed by atoms with Gasteiger partial charge in [0.2, 0.25) is 5.10 Å². The van der Waals surface area contributed by atoms with E-state index >= 15 is 0 Å². The predicted octanol–water partition coefficient (Wildman–Crippen LogP) is 1.30. The van der Waals surface area contributed by atoms with Crippen molar-refractivity contribution < 1.29 is 0 Å². The van der Waals surface area contributed by atoms with Gasteiger partial charge in [0.25, 0.3) is 11.0 Å². The summed E-state index contributed by atoms with van der Waals surface area (Å²) < 4.78 is 3.78. The van der Waals surface area contributed by atoms with Crippen molar-refractivity contribution in [2.75, 3.05) is 0 Å². The zero-order chi connectivity index (χ0) is 9.68. The van der Waals surface area contributed by atoms with Crippen LogP contribution in [0.25, 0.3) is 5.08 Å². The number of imidazole rings is 1. The van der Waals surface area contributed by atoms with Crippen molar-refractivity contribution in [1.82, 2.24) is 9.13 Å². The Morgan fingerprint density at radius 2 is 2.31 bits per heavy atom. The van der Waals surface area contributed by atoms with Crippen molar-refractivity contribution in [1.29, 1.82) is 5.39 Å². The van der Waals surface area contributed by atoms with E-state index in [0.29, 0.717) is 5.62 Å². The molecular formula is C8H14N5+. The van der Waals surface area contributed by atoms with Gasteiger partial charge in [-0.05, 0) is 6.42 Å². The Morgan fingerprint density at radius 1 is 1.54 bits per heavy atom. The fourth-order valence-electron chi connectivity index (χ4n) is 1.19. The summed E-state index contributed by atoms with van der Waals surface area (Å²) in [6, 6.07) is 0. The molecule has 0 saturated carbocycles. The smallest absolute Gasteiger partial charge is 0.314 e. The van der Waals surface area contributed by atoms with Gasteiger partial charge in [0, 0.05) is 26.0 Å². The van der Waals surface area contributed by atoms with Crippen LogP contribution in [-0.2, 0) is 13.6 Å². The maximum Gasteiger partial charge on any atom is 0.342 e. The van der Waals surface area contributed by atoms with Crippen LogP contribution < -0.4 is 5.62 Å². The van der Waals surface area contributed by atoms with Crippen LogP contribution in [-0.4, -0.2) is 9.13 Å². The van der Waals surface area contributed by atoms with Crippen LogP contribution >= 0.6 is 0 Å². The first-order valence-electron chi connectivity index (χ1n) is 4.39. The monoisotopic (exact) mass is 180 g/mol. The van der Waals surface area contributed by atoms with Crippen molar-refractivity contribution in [3.63, 3.8) is 0 Å². The van der Waals surface area contributed by atoms with E-state index in [-0.39, 0.29) is 0 Å². The lowest BCUT2D eigenvalue weighted by atomic mass is 10.3. The Kier molecular flexibility index (Phi) is 3.26. The Balaban J connectivity index is 2.96. The molecule has 0 aliphatic heterocycles. The summed E-state index contributed by atoms with van der Waals surface area (Å²) in [6.07, 6.45) is 6.06. The van der Waals surface area contributed by atoms with E-state index in [1.807, 2.05) is 28.6 Å². The Labute approximate surface area is 76.9 Å². The number of hydrogen-bond acceptors (Lipinski definition) is 2. The molecule has 5 nitrogen and oxygen atoms in total. The topological polar surface area (TPSA) is 50.4 Å². The molecule has 0 aliphatic carbocycles. The molecule has 1 rings (SSSR count). The van der Waals surface area contributed by atoms with E-state index in [0.717, 1.165) is 19.4 Å². The van der Waals surface area contributed by atoms with Crippen molar-refractivity contribution in [2.24, 2.45) is 12.1 Å². The first-order valence-corrected chi connectivity index (χ1v) is 4.39. The average molecular weight is 180 g/mol. The lowest BCUT2D eigenvalue weighted by Gasteiger charge is -1.97. The Bertz CT molecular complexity index is 365. The number of unbranched alkanes of at least 4 members (excludes halogenated alkanes) is 1. The largest absolute Gasteiger partial charge is 0.342 e. The zero-order valence-corrected chi connectivity index (χ0v) is 8.01. The van der Waals surface area contributed by atoms with E-state index in [2.05, 4.69) is 17.1 Å². The van der Waals surface area contributed by atoms with Gasteiger partial charge in [0.1, 0.15) is 0 Å². The molecule has 0 amide bonds. The number of nitrogens with zero attached hydrogens (tertiary/aromatic N) is 5. The molecule has 1 heterocycles. The number of diazo groups is 1. The van der Waals surface area contributed by atoms with Gasteiger partial charge in [0.05, 0.1) is 0 Å². The minimum absolute atomic E-state index is 0.663. The quantitative estimate of drug-likeness (QED) is 0.511. The van der Waals surface area contributed by atoms with Gasteiger partial charge in [-0.15, -0.1) is 0 Å². The second-order valence-corrected chi connectivity index (χ2v) is 2.95. The minimum atomic E-state index is 0.663. The standard InChI is InChI=1S/C8H14N5/c1-3-4-5-13-7-6-12(2)8(13)10-11-9/h6-7H,3-5H2,1-2H3/q+1. The van der Waals surface area contributed by atoms with Gasteiger partial charge < -0.3 is 9.13 Å². The highest BCUT2D eigenvalue weighted by Gasteiger charge is 2.01. The molecular weight excluding hydrogens is 166 g/mol. The minimum Gasteiger partial charge on any atom is -0.314 e. The fourth-order valence-corrected chi connectivity index (χ4v) is 1.19. The molecule has 0 aromatic carbocycles. The molecule has 0 spiro atoms. The summed E-state index contributed by atoms with van der Waals surface area (Å²) in [5, 5.41) is 14.8. The second-order valence-electron chi connectivity index (χ2n) is 2.95. The number of hydrogen-bond donors (Lipinski definition) is 0. The first-order chi connectivity index (χ1) is 6.29. The zero-order valence-electron chi connectivity index (χ0n) is 8.01. The van der Waals surface area contributed by atoms with Crippen LogP contribution in [0.3, 0.4) is 0 Å². The highest BCUT2D eigenvalue weighted by Crippen LogP contribution is 1.91. The fraction of sp³-hybridized carbons (Fsp3) is 0.625. The Hall–Kier alpha value is -1.57. The van der Waals surface area contributed by atoms with Crippen molar-refractivity contribution in [3.8, 4) is 0 Å². The van der Waals surface area contributed by atoms with Gasteiger partial charge in [-0.2, -0.15) is 0 Å². The maximum absolute atomic E-state index is 8.34. The van der Waals surface area contributed by atoms with Crippen LogP contribution in [0.2, 0.25) is 0 Å². The Morgan fingerprint density at radius 3 is 2.92 bits per heavy atom. The molecule has 70 valence electrons. The van der Waals surface area contributed by atoms with Gasteiger partial charge in [-0.3, -0.25) is 0 Å². The summed E-state index contributed by atoms with van der Waals surface area (Å²) in [5.41, 5.74) is 0.663. The predicted molar refractivity (Wildman–Crippen MR) is 49.0 cm³/mol.